The first kappa shape index (κ1) is 15.9. The Labute approximate surface area is 127 Å². The zero-order chi connectivity index (χ0) is 14.4. The van der Waals surface area contributed by atoms with E-state index in [1.807, 2.05) is 0 Å². The fourth-order valence-electron chi connectivity index (χ4n) is 3.10. The van der Waals surface area contributed by atoms with Gasteiger partial charge in [-0.25, -0.2) is 4.98 Å². The fourth-order valence-corrected chi connectivity index (χ4v) is 4.23. The third kappa shape index (κ3) is 3.60. The van der Waals surface area contributed by atoms with E-state index < -0.39 is 0 Å². The van der Waals surface area contributed by atoms with Gasteiger partial charge in [0.2, 0.25) is 0 Å². The minimum atomic E-state index is -0.111. The summed E-state index contributed by atoms with van der Waals surface area (Å²) in [6, 6.07) is 0.328. The van der Waals surface area contributed by atoms with Crippen LogP contribution in [0, 0.1) is 0 Å². The number of aromatic nitrogens is 1. The fraction of sp³-hybridized carbons (Fsp3) is 0.812. The molecule has 0 aromatic carbocycles. The van der Waals surface area contributed by atoms with E-state index >= 15 is 0 Å². The van der Waals surface area contributed by atoms with Gasteiger partial charge in [-0.3, -0.25) is 0 Å². The zero-order valence-corrected chi connectivity index (χ0v) is 13.9. The summed E-state index contributed by atoms with van der Waals surface area (Å²) in [6.07, 6.45) is 7.45. The summed E-state index contributed by atoms with van der Waals surface area (Å²) in [4.78, 5) is 4.92. The lowest BCUT2D eigenvalue weighted by molar-refractivity contribution is -0.0561. The Balaban J connectivity index is 2.20. The highest BCUT2D eigenvalue weighted by molar-refractivity contribution is 7.09. The van der Waals surface area contributed by atoms with Gasteiger partial charge in [-0.2, -0.15) is 0 Å². The van der Waals surface area contributed by atoms with Gasteiger partial charge in [0.05, 0.1) is 5.69 Å². The highest BCUT2D eigenvalue weighted by Crippen LogP contribution is 2.41. The van der Waals surface area contributed by atoms with E-state index in [-0.39, 0.29) is 5.60 Å². The molecule has 0 bridgehead atoms. The van der Waals surface area contributed by atoms with E-state index in [4.69, 9.17) is 9.72 Å². The van der Waals surface area contributed by atoms with Crippen LogP contribution >= 0.6 is 11.3 Å². The maximum absolute atomic E-state index is 6.22. The average Bonchev–Trinajstić information content (AvgIpc) is 2.82. The molecule has 1 saturated carbocycles. The minimum absolute atomic E-state index is 0.111. The SMILES string of the molecule is CCNC(C)c1csc(C2(OCC)CCCCCC2)n1. The number of hydrogen-bond donors (Lipinski definition) is 1. The molecule has 0 amide bonds. The Kier molecular flexibility index (Phi) is 6.00. The van der Waals surface area contributed by atoms with Crippen molar-refractivity contribution in [1.29, 1.82) is 0 Å². The summed E-state index contributed by atoms with van der Waals surface area (Å²) in [5.74, 6) is 0. The Morgan fingerprint density at radius 2 is 2.00 bits per heavy atom. The number of nitrogens with zero attached hydrogens (tertiary/aromatic N) is 1. The van der Waals surface area contributed by atoms with Crippen molar-refractivity contribution in [2.45, 2.75) is 70.9 Å². The highest BCUT2D eigenvalue weighted by Gasteiger charge is 2.36. The Hall–Kier alpha value is -0.450. The van der Waals surface area contributed by atoms with Crippen molar-refractivity contribution in [2.75, 3.05) is 13.2 Å². The molecule has 0 saturated heterocycles. The largest absolute Gasteiger partial charge is 0.368 e. The number of ether oxygens (including phenoxy) is 1. The minimum Gasteiger partial charge on any atom is -0.368 e. The van der Waals surface area contributed by atoms with Crippen molar-refractivity contribution in [1.82, 2.24) is 10.3 Å². The summed E-state index contributed by atoms with van der Waals surface area (Å²) in [6.45, 7) is 8.17. The first-order valence-electron chi connectivity index (χ1n) is 8.05. The van der Waals surface area contributed by atoms with Gasteiger partial charge < -0.3 is 10.1 Å². The smallest absolute Gasteiger partial charge is 0.125 e. The molecule has 1 aromatic heterocycles. The van der Waals surface area contributed by atoms with E-state index in [2.05, 4.69) is 31.5 Å². The van der Waals surface area contributed by atoms with Gasteiger partial charge in [0.1, 0.15) is 10.6 Å². The Morgan fingerprint density at radius 1 is 1.30 bits per heavy atom. The van der Waals surface area contributed by atoms with E-state index in [0.29, 0.717) is 6.04 Å². The average molecular weight is 296 g/mol. The molecule has 3 nitrogen and oxygen atoms in total. The molecule has 1 aromatic rings. The first-order chi connectivity index (χ1) is 9.72. The van der Waals surface area contributed by atoms with Crippen LogP contribution in [-0.4, -0.2) is 18.1 Å². The van der Waals surface area contributed by atoms with Crippen LogP contribution in [0.4, 0.5) is 0 Å². The second-order valence-corrected chi connectivity index (χ2v) is 6.56. The lowest BCUT2D eigenvalue weighted by Crippen LogP contribution is -2.29. The van der Waals surface area contributed by atoms with Gasteiger partial charge in [-0.15, -0.1) is 11.3 Å². The number of rotatable bonds is 6. The predicted octanol–water partition coefficient (Wildman–Crippen LogP) is 4.40. The summed E-state index contributed by atoms with van der Waals surface area (Å²) in [7, 11) is 0. The normalized spacial score (nSPS) is 20.6. The standard InChI is InChI=1S/C16H28N2OS/c1-4-17-13(3)14-12-20-15(18-14)16(19-5-2)10-8-6-7-9-11-16/h12-13,17H,4-11H2,1-3H3. The van der Waals surface area contributed by atoms with Gasteiger partial charge in [-0.1, -0.05) is 32.6 Å². The first-order valence-corrected chi connectivity index (χ1v) is 8.93. The molecule has 2 rings (SSSR count). The molecule has 0 spiro atoms. The Bertz CT molecular complexity index is 397. The third-order valence-corrected chi connectivity index (χ3v) is 5.24. The maximum Gasteiger partial charge on any atom is 0.125 e. The second-order valence-electron chi connectivity index (χ2n) is 5.70. The molecule has 1 aliphatic carbocycles. The van der Waals surface area contributed by atoms with Gasteiger partial charge in [0.15, 0.2) is 0 Å². The second kappa shape index (κ2) is 7.53. The topological polar surface area (TPSA) is 34.1 Å². The van der Waals surface area contributed by atoms with E-state index in [0.717, 1.165) is 31.7 Å². The monoisotopic (exact) mass is 296 g/mol. The predicted molar refractivity (Wildman–Crippen MR) is 85.2 cm³/mol. The van der Waals surface area contributed by atoms with E-state index in [9.17, 15) is 0 Å². The molecule has 1 N–H and O–H groups in total. The summed E-state index contributed by atoms with van der Waals surface area (Å²) < 4.78 is 6.22. The van der Waals surface area contributed by atoms with E-state index in [1.54, 1.807) is 11.3 Å². The van der Waals surface area contributed by atoms with Gasteiger partial charge in [-0.05, 0) is 33.2 Å². The lowest BCUT2D eigenvalue weighted by Gasteiger charge is -2.30. The van der Waals surface area contributed by atoms with Gasteiger partial charge in [0.25, 0.3) is 0 Å². The van der Waals surface area contributed by atoms with Crippen molar-refractivity contribution in [2.24, 2.45) is 0 Å². The van der Waals surface area contributed by atoms with Crippen molar-refractivity contribution >= 4 is 11.3 Å². The van der Waals surface area contributed by atoms with Crippen LogP contribution in [-0.2, 0) is 10.3 Å². The molecule has 20 heavy (non-hydrogen) atoms. The molecule has 0 aliphatic heterocycles. The molecule has 4 heteroatoms. The number of thiazole rings is 1. The molecule has 1 atom stereocenters. The van der Waals surface area contributed by atoms with Crippen LogP contribution in [0.5, 0.6) is 0 Å². The van der Waals surface area contributed by atoms with Crippen LogP contribution in [0.15, 0.2) is 5.38 Å². The van der Waals surface area contributed by atoms with Crippen LogP contribution in [0.3, 0.4) is 0 Å². The summed E-state index contributed by atoms with van der Waals surface area (Å²) in [5.41, 5.74) is 1.05. The van der Waals surface area contributed by atoms with Crippen LogP contribution in [0.1, 0.15) is 76.0 Å². The molecule has 1 fully saturated rings. The molecule has 0 radical (unpaired) electrons. The third-order valence-electron chi connectivity index (χ3n) is 4.20. The van der Waals surface area contributed by atoms with Crippen molar-refractivity contribution < 1.29 is 4.74 Å². The number of nitrogens with one attached hydrogen (secondary N) is 1. The van der Waals surface area contributed by atoms with Gasteiger partial charge >= 0.3 is 0 Å². The maximum atomic E-state index is 6.22. The van der Waals surface area contributed by atoms with Crippen LogP contribution in [0.2, 0.25) is 0 Å². The quantitative estimate of drug-likeness (QED) is 0.790. The number of hydrogen-bond acceptors (Lipinski definition) is 4. The zero-order valence-electron chi connectivity index (χ0n) is 13.1. The molecule has 114 valence electrons. The van der Waals surface area contributed by atoms with Crippen LogP contribution < -0.4 is 5.32 Å². The van der Waals surface area contributed by atoms with Crippen molar-refractivity contribution in [3.05, 3.63) is 16.1 Å². The van der Waals surface area contributed by atoms with Gasteiger partial charge in [0, 0.05) is 18.0 Å². The molecular weight excluding hydrogens is 268 g/mol. The molecular formula is C16H28N2OS. The lowest BCUT2D eigenvalue weighted by atomic mass is 9.95. The molecule has 1 unspecified atom stereocenters. The Morgan fingerprint density at radius 3 is 2.60 bits per heavy atom. The van der Waals surface area contributed by atoms with E-state index in [1.165, 1.54) is 30.7 Å². The van der Waals surface area contributed by atoms with Crippen LogP contribution in [0.25, 0.3) is 0 Å². The summed E-state index contributed by atoms with van der Waals surface area (Å²) >= 11 is 1.78. The highest BCUT2D eigenvalue weighted by atomic mass is 32.1. The molecule has 1 aliphatic rings. The van der Waals surface area contributed by atoms with Crippen molar-refractivity contribution in [3.8, 4) is 0 Å². The summed E-state index contributed by atoms with van der Waals surface area (Å²) in [5, 5.41) is 6.84. The molecule has 1 heterocycles. The van der Waals surface area contributed by atoms with Crippen molar-refractivity contribution in [3.63, 3.8) is 0 Å².